The van der Waals surface area contributed by atoms with Gasteiger partial charge in [-0.25, -0.2) is 0 Å². The molecule has 0 aromatic heterocycles. The van der Waals surface area contributed by atoms with Gasteiger partial charge in [-0.2, -0.15) is 0 Å². The molecule has 1 saturated carbocycles. The van der Waals surface area contributed by atoms with Gasteiger partial charge >= 0.3 is 5.97 Å². The van der Waals surface area contributed by atoms with E-state index in [1.165, 1.54) is 0 Å². The van der Waals surface area contributed by atoms with Gasteiger partial charge in [-0.15, -0.1) is 0 Å². The Balaban J connectivity index is 2.09. The molecular weight excluding hydrogens is 350 g/mol. The number of carbonyl (C=O) groups is 2. The van der Waals surface area contributed by atoms with E-state index in [2.05, 4.69) is 21.2 Å². The first kappa shape index (κ1) is 17.0. The zero-order chi connectivity index (χ0) is 16.1. The number of hydrogen-bond donors (Lipinski definition) is 2. The molecule has 120 valence electrons. The molecule has 2 atom stereocenters. The molecule has 2 N–H and O–H groups in total. The van der Waals surface area contributed by atoms with Crippen molar-refractivity contribution >= 4 is 33.5 Å². The highest BCUT2D eigenvalue weighted by molar-refractivity contribution is 9.10. The van der Waals surface area contributed by atoms with Gasteiger partial charge in [-0.05, 0) is 31.4 Å². The van der Waals surface area contributed by atoms with E-state index >= 15 is 0 Å². The smallest absolute Gasteiger partial charge is 0.306 e. The number of methoxy groups -OCH3 is 1. The average Bonchev–Trinajstić information content (AvgIpc) is 2.51. The monoisotopic (exact) mass is 369 g/mol. The average molecular weight is 370 g/mol. The van der Waals surface area contributed by atoms with E-state index in [1.807, 2.05) is 18.2 Å². The third-order valence-corrected chi connectivity index (χ3v) is 4.80. The number of hydrogen-bond acceptors (Lipinski definition) is 3. The van der Waals surface area contributed by atoms with Crippen molar-refractivity contribution in [2.24, 2.45) is 11.8 Å². The number of halogens is 1. The van der Waals surface area contributed by atoms with Crippen LogP contribution in [0.25, 0.3) is 0 Å². The number of carbonyl (C=O) groups excluding carboxylic acids is 1. The summed E-state index contributed by atoms with van der Waals surface area (Å²) in [6, 6.07) is 5.57. The van der Waals surface area contributed by atoms with Crippen molar-refractivity contribution in [2.75, 3.05) is 12.4 Å². The third kappa shape index (κ3) is 4.08. The predicted octanol–water partition coefficient (Wildman–Crippen LogP) is 3.43. The molecular formula is C16H20BrNO4. The molecule has 1 aliphatic carbocycles. The lowest BCUT2D eigenvalue weighted by Gasteiger charge is -2.26. The maximum absolute atomic E-state index is 12.4. The zero-order valence-electron chi connectivity index (χ0n) is 12.5. The minimum atomic E-state index is -0.806. The van der Waals surface area contributed by atoms with Gasteiger partial charge in [0.2, 0.25) is 5.91 Å². The Bertz CT molecular complexity index is 561. The molecule has 22 heavy (non-hydrogen) atoms. The van der Waals surface area contributed by atoms with E-state index in [9.17, 15) is 9.59 Å². The molecule has 5 nitrogen and oxygen atoms in total. The van der Waals surface area contributed by atoms with E-state index in [-0.39, 0.29) is 11.8 Å². The third-order valence-electron chi connectivity index (χ3n) is 4.06. The molecule has 1 amide bonds. The van der Waals surface area contributed by atoms with Crippen molar-refractivity contribution in [3.05, 3.63) is 28.2 Å². The number of benzene rings is 1. The summed E-state index contributed by atoms with van der Waals surface area (Å²) >= 11 is 3.45. The predicted molar refractivity (Wildman–Crippen MR) is 86.6 cm³/mol. The molecule has 1 aromatic rings. The molecule has 0 spiro atoms. The van der Waals surface area contributed by atoms with Crippen molar-refractivity contribution in [2.45, 2.75) is 32.3 Å². The Labute approximate surface area is 138 Å². The van der Waals surface area contributed by atoms with Gasteiger partial charge in [-0.1, -0.05) is 28.4 Å². The summed E-state index contributed by atoms with van der Waals surface area (Å²) in [5, 5.41) is 12.0. The van der Waals surface area contributed by atoms with Crippen LogP contribution >= 0.6 is 15.9 Å². The summed E-state index contributed by atoms with van der Waals surface area (Å²) in [4.78, 5) is 23.6. The molecule has 2 rings (SSSR count). The van der Waals surface area contributed by atoms with Crippen molar-refractivity contribution in [1.29, 1.82) is 0 Å². The number of amides is 1. The van der Waals surface area contributed by atoms with Crippen LogP contribution in [0.1, 0.15) is 31.2 Å². The highest BCUT2D eigenvalue weighted by atomic mass is 79.9. The number of nitrogens with one attached hydrogen (secondary N) is 1. The number of rotatable bonds is 5. The number of anilines is 1. The van der Waals surface area contributed by atoms with Crippen LogP contribution in [0.2, 0.25) is 0 Å². The number of ether oxygens (including phenoxy) is 1. The van der Waals surface area contributed by atoms with E-state index in [4.69, 9.17) is 9.84 Å². The summed E-state index contributed by atoms with van der Waals surface area (Å²) < 4.78 is 6.04. The first-order valence-electron chi connectivity index (χ1n) is 7.33. The van der Waals surface area contributed by atoms with Gasteiger partial charge in [0.15, 0.2) is 0 Å². The van der Waals surface area contributed by atoms with Crippen LogP contribution in [-0.2, 0) is 20.9 Å². The number of carboxylic acid groups (broad SMARTS) is 1. The SMILES string of the molecule is COCc1c(Br)cccc1NC(=O)C1CCCC(C(=O)O)C1. The molecule has 0 saturated heterocycles. The van der Waals surface area contributed by atoms with E-state index in [1.54, 1.807) is 7.11 Å². The standard InChI is InChI=1S/C16H20BrNO4/c1-22-9-12-13(17)6-3-7-14(12)18-15(19)10-4-2-5-11(8-10)16(20)21/h3,6-7,10-11H,2,4-5,8-9H2,1H3,(H,18,19)(H,20,21). The van der Waals surface area contributed by atoms with E-state index in [0.29, 0.717) is 25.1 Å². The van der Waals surface area contributed by atoms with Crippen LogP contribution in [0.4, 0.5) is 5.69 Å². The van der Waals surface area contributed by atoms with Gasteiger partial charge in [-0.3, -0.25) is 9.59 Å². The fraction of sp³-hybridized carbons (Fsp3) is 0.500. The molecule has 0 aliphatic heterocycles. The topological polar surface area (TPSA) is 75.6 Å². The second-order valence-electron chi connectivity index (χ2n) is 5.59. The van der Waals surface area contributed by atoms with Crippen molar-refractivity contribution in [3.63, 3.8) is 0 Å². The first-order valence-corrected chi connectivity index (χ1v) is 8.12. The van der Waals surface area contributed by atoms with Crippen LogP contribution in [0.5, 0.6) is 0 Å². The summed E-state index contributed by atoms with van der Waals surface area (Å²) in [5.41, 5.74) is 1.59. The van der Waals surface area contributed by atoms with E-state index < -0.39 is 11.9 Å². The minimum Gasteiger partial charge on any atom is -0.481 e. The van der Waals surface area contributed by atoms with Gasteiger partial charge in [0.05, 0.1) is 12.5 Å². The van der Waals surface area contributed by atoms with Crippen LogP contribution < -0.4 is 5.32 Å². The molecule has 0 bridgehead atoms. The van der Waals surface area contributed by atoms with Gasteiger partial charge in [0.25, 0.3) is 0 Å². The number of aliphatic carboxylic acids is 1. The van der Waals surface area contributed by atoms with Crippen molar-refractivity contribution in [3.8, 4) is 0 Å². The molecule has 1 fully saturated rings. The van der Waals surface area contributed by atoms with Gasteiger partial charge < -0.3 is 15.2 Å². The normalized spacial score (nSPS) is 21.4. The minimum absolute atomic E-state index is 0.110. The lowest BCUT2D eigenvalue weighted by molar-refractivity contribution is -0.143. The highest BCUT2D eigenvalue weighted by Gasteiger charge is 2.31. The van der Waals surface area contributed by atoms with Crippen LogP contribution in [0.3, 0.4) is 0 Å². The van der Waals surface area contributed by atoms with Crippen molar-refractivity contribution < 1.29 is 19.4 Å². The largest absolute Gasteiger partial charge is 0.481 e. The molecule has 0 heterocycles. The summed E-state index contributed by atoms with van der Waals surface area (Å²) in [5.74, 6) is -1.57. The Morgan fingerprint density at radius 2 is 2.09 bits per heavy atom. The summed E-state index contributed by atoms with van der Waals surface area (Å²) in [7, 11) is 1.60. The maximum atomic E-state index is 12.4. The van der Waals surface area contributed by atoms with Gasteiger partial charge in [0, 0.05) is 28.8 Å². The Morgan fingerprint density at radius 3 is 2.77 bits per heavy atom. The lowest BCUT2D eigenvalue weighted by atomic mass is 9.81. The Kier molecular flexibility index (Phi) is 5.97. The first-order chi connectivity index (χ1) is 10.5. The Hall–Kier alpha value is -1.40. The lowest BCUT2D eigenvalue weighted by Crippen LogP contribution is -2.31. The highest BCUT2D eigenvalue weighted by Crippen LogP contribution is 2.31. The molecule has 6 heteroatoms. The van der Waals surface area contributed by atoms with Gasteiger partial charge in [0.1, 0.15) is 0 Å². The summed E-state index contributed by atoms with van der Waals surface area (Å²) in [6.07, 6.45) is 2.58. The van der Waals surface area contributed by atoms with E-state index in [0.717, 1.165) is 22.9 Å². The Morgan fingerprint density at radius 1 is 1.36 bits per heavy atom. The second-order valence-corrected chi connectivity index (χ2v) is 6.44. The molecule has 1 aliphatic rings. The van der Waals surface area contributed by atoms with Crippen LogP contribution in [-0.4, -0.2) is 24.1 Å². The van der Waals surface area contributed by atoms with Crippen LogP contribution in [0.15, 0.2) is 22.7 Å². The second kappa shape index (κ2) is 7.74. The van der Waals surface area contributed by atoms with Crippen molar-refractivity contribution in [1.82, 2.24) is 0 Å². The fourth-order valence-electron chi connectivity index (χ4n) is 2.85. The quantitative estimate of drug-likeness (QED) is 0.833. The maximum Gasteiger partial charge on any atom is 0.306 e. The summed E-state index contributed by atoms with van der Waals surface area (Å²) in [6.45, 7) is 0.388. The molecule has 2 unspecified atom stereocenters. The molecule has 0 radical (unpaired) electrons. The molecule has 1 aromatic carbocycles. The van der Waals surface area contributed by atoms with Crippen LogP contribution in [0, 0.1) is 11.8 Å². The number of carboxylic acids is 1. The fourth-order valence-corrected chi connectivity index (χ4v) is 3.33. The zero-order valence-corrected chi connectivity index (χ0v) is 14.1.